The van der Waals surface area contributed by atoms with E-state index in [-0.39, 0.29) is 5.54 Å². The van der Waals surface area contributed by atoms with E-state index in [1.54, 1.807) is 0 Å². The molecule has 3 aromatic rings. The van der Waals surface area contributed by atoms with Crippen LogP contribution >= 0.6 is 0 Å². The Hall–Kier alpha value is -2.53. The summed E-state index contributed by atoms with van der Waals surface area (Å²) in [6.45, 7) is 7.01. The number of para-hydroxylation sites is 1. The summed E-state index contributed by atoms with van der Waals surface area (Å²) in [5, 5.41) is 15.9. The molecule has 5 heteroatoms. The molecule has 0 bridgehead atoms. The van der Waals surface area contributed by atoms with Gasteiger partial charge in [-0.15, -0.1) is 5.10 Å². The van der Waals surface area contributed by atoms with Gasteiger partial charge in [-0.3, -0.25) is 0 Å². The van der Waals surface area contributed by atoms with Gasteiger partial charge in [-0.2, -0.15) is 4.68 Å². The summed E-state index contributed by atoms with van der Waals surface area (Å²) in [5.41, 5.74) is 3.01. The molecule has 5 nitrogen and oxygen atoms in total. The van der Waals surface area contributed by atoms with E-state index >= 15 is 0 Å². The Balaban J connectivity index is 1.86. The molecule has 118 valence electrons. The Morgan fingerprint density at radius 3 is 2.43 bits per heavy atom. The second kappa shape index (κ2) is 6.30. The molecule has 3 rings (SSSR count). The topological polar surface area (TPSA) is 55.6 Å². The van der Waals surface area contributed by atoms with Crippen LogP contribution in [0, 0.1) is 6.92 Å². The van der Waals surface area contributed by atoms with Crippen molar-refractivity contribution in [2.45, 2.75) is 32.9 Å². The Morgan fingerprint density at radius 1 is 1.00 bits per heavy atom. The standard InChI is InChI=1S/C18H21N5/c1-14-9-7-8-12-16(14)23-17(20-21-22-23)18(2,3)19-13-15-10-5-4-6-11-15/h4-12,19H,13H2,1-3H3. The molecular formula is C18H21N5. The van der Waals surface area contributed by atoms with Crippen LogP contribution in [0.3, 0.4) is 0 Å². The molecule has 0 atom stereocenters. The molecule has 1 heterocycles. The second-order valence-electron chi connectivity index (χ2n) is 6.16. The van der Waals surface area contributed by atoms with Crippen LogP contribution in [0.5, 0.6) is 0 Å². The lowest BCUT2D eigenvalue weighted by Gasteiger charge is -2.25. The lowest BCUT2D eigenvalue weighted by Crippen LogP contribution is -2.38. The average molecular weight is 307 g/mol. The van der Waals surface area contributed by atoms with E-state index in [1.807, 2.05) is 41.1 Å². The molecule has 0 aliphatic carbocycles. The predicted molar refractivity (Wildman–Crippen MR) is 90.2 cm³/mol. The van der Waals surface area contributed by atoms with Crippen molar-refractivity contribution in [3.63, 3.8) is 0 Å². The highest BCUT2D eigenvalue weighted by atomic mass is 15.6. The monoisotopic (exact) mass is 307 g/mol. The minimum absolute atomic E-state index is 0.360. The summed E-state index contributed by atoms with van der Waals surface area (Å²) in [6.07, 6.45) is 0. The summed E-state index contributed by atoms with van der Waals surface area (Å²) >= 11 is 0. The van der Waals surface area contributed by atoms with E-state index < -0.39 is 0 Å². The minimum atomic E-state index is -0.360. The molecule has 0 unspecified atom stereocenters. The van der Waals surface area contributed by atoms with Crippen LogP contribution in [0.25, 0.3) is 5.69 Å². The van der Waals surface area contributed by atoms with Crippen LogP contribution in [-0.4, -0.2) is 20.2 Å². The number of benzene rings is 2. The molecule has 23 heavy (non-hydrogen) atoms. The SMILES string of the molecule is Cc1ccccc1-n1nnnc1C(C)(C)NCc1ccccc1. The number of aryl methyl sites for hydroxylation is 1. The maximum absolute atomic E-state index is 4.26. The number of nitrogens with zero attached hydrogens (tertiary/aromatic N) is 4. The van der Waals surface area contributed by atoms with Gasteiger partial charge in [0.25, 0.3) is 0 Å². The number of aromatic nitrogens is 4. The Bertz CT molecular complexity index is 777. The maximum atomic E-state index is 4.26. The Morgan fingerprint density at radius 2 is 1.70 bits per heavy atom. The molecule has 2 aromatic carbocycles. The van der Waals surface area contributed by atoms with E-state index in [2.05, 4.69) is 59.8 Å². The summed E-state index contributed by atoms with van der Waals surface area (Å²) in [6, 6.07) is 18.4. The van der Waals surface area contributed by atoms with Crippen LogP contribution in [-0.2, 0) is 12.1 Å². The van der Waals surface area contributed by atoms with Gasteiger partial charge in [0.15, 0.2) is 5.82 Å². The van der Waals surface area contributed by atoms with Crippen molar-refractivity contribution in [3.05, 3.63) is 71.5 Å². The zero-order valence-corrected chi connectivity index (χ0v) is 13.7. The van der Waals surface area contributed by atoms with Crippen molar-refractivity contribution >= 4 is 0 Å². The smallest absolute Gasteiger partial charge is 0.176 e. The highest BCUT2D eigenvalue weighted by Crippen LogP contribution is 2.22. The first kappa shape index (κ1) is 15.4. The third-order valence-corrected chi connectivity index (χ3v) is 3.95. The average Bonchev–Trinajstić information content (AvgIpc) is 3.05. The zero-order chi connectivity index (χ0) is 16.3. The third kappa shape index (κ3) is 3.29. The molecule has 0 saturated heterocycles. The molecule has 0 fully saturated rings. The van der Waals surface area contributed by atoms with Gasteiger partial charge in [-0.25, -0.2) is 0 Å². The number of rotatable bonds is 5. The molecule has 0 radical (unpaired) electrons. The number of tetrazole rings is 1. The van der Waals surface area contributed by atoms with E-state index in [4.69, 9.17) is 0 Å². The van der Waals surface area contributed by atoms with Crippen molar-refractivity contribution in [2.75, 3.05) is 0 Å². The normalized spacial score (nSPS) is 11.6. The zero-order valence-electron chi connectivity index (χ0n) is 13.7. The van der Waals surface area contributed by atoms with Gasteiger partial charge in [0.1, 0.15) is 0 Å². The van der Waals surface area contributed by atoms with Crippen molar-refractivity contribution in [3.8, 4) is 5.69 Å². The first-order chi connectivity index (χ1) is 11.1. The molecule has 1 aromatic heterocycles. The highest BCUT2D eigenvalue weighted by molar-refractivity contribution is 5.40. The van der Waals surface area contributed by atoms with Gasteiger partial charge in [-0.05, 0) is 48.4 Å². The fourth-order valence-corrected chi connectivity index (χ4v) is 2.54. The van der Waals surface area contributed by atoms with Crippen molar-refractivity contribution in [1.29, 1.82) is 0 Å². The lowest BCUT2D eigenvalue weighted by atomic mass is 10.0. The molecule has 0 aliphatic rings. The highest BCUT2D eigenvalue weighted by Gasteiger charge is 2.28. The van der Waals surface area contributed by atoms with Gasteiger partial charge in [-0.1, -0.05) is 48.5 Å². The second-order valence-corrected chi connectivity index (χ2v) is 6.16. The fraction of sp³-hybridized carbons (Fsp3) is 0.278. The summed E-state index contributed by atoms with van der Waals surface area (Å²) < 4.78 is 1.81. The molecule has 0 spiro atoms. The van der Waals surface area contributed by atoms with Crippen LogP contribution < -0.4 is 5.32 Å². The predicted octanol–water partition coefficient (Wildman–Crippen LogP) is 3.00. The number of hydrogen-bond acceptors (Lipinski definition) is 4. The van der Waals surface area contributed by atoms with E-state index in [0.717, 1.165) is 23.6 Å². The van der Waals surface area contributed by atoms with Gasteiger partial charge in [0, 0.05) is 6.54 Å². The third-order valence-electron chi connectivity index (χ3n) is 3.95. The fourth-order valence-electron chi connectivity index (χ4n) is 2.54. The van der Waals surface area contributed by atoms with E-state index in [0.29, 0.717) is 0 Å². The van der Waals surface area contributed by atoms with Gasteiger partial charge < -0.3 is 5.32 Å². The molecule has 0 amide bonds. The lowest BCUT2D eigenvalue weighted by molar-refractivity contribution is 0.370. The summed E-state index contributed by atoms with van der Waals surface area (Å²) in [4.78, 5) is 0. The Labute approximate surface area is 136 Å². The maximum Gasteiger partial charge on any atom is 0.176 e. The van der Waals surface area contributed by atoms with Crippen molar-refractivity contribution in [1.82, 2.24) is 25.5 Å². The van der Waals surface area contributed by atoms with E-state index in [1.165, 1.54) is 5.56 Å². The number of hydrogen-bond donors (Lipinski definition) is 1. The van der Waals surface area contributed by atoms with Gasteiger partial charge in [0.05, 0.1) is 11.2 Å². The quantitative estimate of drug-likeness (QED) is 0.787. The first-order valence-electron chi connectivity index (χ1n) is 7.72. The largest absolute Gasteiger partial charge is 0.301 e. The number of nitrogens with one attached hydrogen (secondary N) is 1. The first-order valence-corrected chi connectivity index (χ1v) is 7.72. The summed E-state index contributed by atoms with van der Waals surface area (Å²) in [5.74, 6) is 0.794. The van der Waals surface area contributed by atoms with Crippen molar-refractivity contribution < 1.29 is 0 Å². The van der Waals surface area contributed by atoms with E-state index in [9.17, 15) is 0 Å². The molecule has 0 aliphatic heterocycles. The van der Waals surface area contributed by atoms with Crippen LogP contribution in [0.1, 0.15) is 30.8 Å². The van der Waals surface area contributed by atoms with Crippen LogP contribution in [0.4, 0.5) is 0 Å². The summed E-state index contributed by atoms with van der Waals surface area (Å²) in [7, 11) is 0. The van der Waals surface area contributed by atoms with Crippen molar-refractivity contribution in [2.24, 2.45) is 0 Å². The molecule has 0 saturated carbocycles. The Kier molecular flexibility index (Phi) is 4.21. The molecule has 1 N–H and O–H groups in total. The van der Waals surface area contributed by atoms with Gasteiger partial charge in [0.2, 0.25) is 0 Å². The van der Waals surface area contributed by atoms with Gasteiger partial charge >= 0.3 is 0 Å². The van der Waals surface area contributed by atoms with Crippen LogP contribution in [0.2, 0.25) is 0 Å². The minimum Gasteiger partial charge on any atom is -0.301 e. The molecular weight excluding hydrogens is 286 g/mol. The van der Waals surface area contributed by atoms with Crippen LogP contribution in [0.15, 0.2) is 54.6 Å².